The quantitative estimate of drug-likeness (QED) is 0.920. The molecule has 0 spiro atoms. The summed E-state index contributed by atoms with van der Waals surface area (Å²) in [5.41, 5.74) is 0. The first-order valence-corrected chi connectivity index (χ1v) is 7.52. The number of halogens is 1. The molecule has 2 saturated heterocycles. The Balaban J connectivity index is 1.78. The zero-order valence-electron chi connectivity index (χ0n) is 11.3. The van der Waals surface area contributed by atoms with Crippen LogP contribution in [0.15, 0.2) is 10.7 Å². The number of nitrogens with zero attached hydrogens (tertiary/aromatic N) is 3. The second kappa shape index (κ2) is 5.25. The highest BCUT2D eigenvalue weighted by Gasteiger charge is 2.35. The zero-order valence-corrected chi connectivity index (χ0v) is 12.9. The van der Waals surface area contributed by atoms with Gasteiger partial charge in [-0.1, -0.05) is 0 Å². The number of hydrogen-bond acceptors (Lipinski definition) is 5. The van der Waals surface area contributed by atoms with Crippen molar-refractivity contribution in [1.29, 1.82) is 0 Å². The van der Waals surface area contributed by atoms with Gasteiger partial charge in [0.25, 0.3) is 0 Å². The van der Waals surface area contributed by atoms with E-state index in [9.17, 15) is 0 Å². The van der Waals surface area contributed by atoms with Crippen LogP contribution in [0.25, 0.3) is 0 Å². The van der Waals surface area contributed by atoms with Crippen LogP contribution < -0.4 is 15.0 Å². The SMILES string of the molecule is COc1nc(N(C)C2CC3CCC(C2)N3)ncc1Br. The third kappa shape index (κ3) is 2.56. The van der Waals surface area contributed by atoms with Crippen LogP contribution in [0.1, 0.15) is 25.7 Å². The summed E-state index contributed by atoms with van der Waals surface area (Å²) >= 11 is 3.39. The lowest BCUT2D eigenvalue weighted by Crippen LogP contribution is -2.47. The minimum Gasteiger partial charge on any atom is -0.480 e. The van der Waals surface area contributed by atoms with Gasteiger partial charge in [0.15, 0.2) is 0 Å². The van der Waals surface area contributed by atoms with Crippen LogP contribution in [0.4, 0.5) is 5.95 Å². The third-order valence-corrected chi connectivity index (χ3v) is 4.75. The van der Waals surface area contributed by atoms with Gasteiger partial charge in [-0.25, -0.2) is 4.98 Å². The average Bonchev–Trinajstić information content (AvgIpc) is 2.77. The Morgan fingerprint density at radius 1 is 1.37 bits per heavy atom. The first kappa shape index (κ1) is 13.1. The zero-order chi connectivity index (χ0) is 13.4. The molecule has 2 bridgehead atoms. The minimum absolute atomic E-state index is 0.518. The second-order valence-electron chi connectivity index (χ2n) is 5.40. The van der Waals surface area contributed by atoms with E-state index in [2.05, 4.69) is 43.2 Å². The number of anilines is 1. The van der Waals surface area contributed by atoms with Crippen molar-refractivity contribution in [2.24, 2.45) is 0 Å². The predicted octanol–water partition coefficient (Wildman–Crippen LogP) is 1.97. The van der Waals surface area contributed by atoms with E-state index in [1.165, 1.54) is 25.7 Å². The summed E-state index contributed by atoms with van der Waals surface area (Å²) in [6.45, 7) is 0. The number of piperidine rings is 1. The van der Waals surface area contributed by atoms with Crippen LogP contribution in [0.5, 0.6) is 5.88 Å². The van der Waals surface area contributed by atoms with Crippen molar-refractivity contribution >= 4 is 21.9 Å². The Morgan fingerprint density at radius 2 is 2.05 bits per heavy atom. The molecule has 0 saturated carbocycles. The number of hydrogen-bond donors (Lipinski definition) is 1. The van der Waals surface area contributed by atoms with Crippen LogP contribution >= 0.6 is 15.9 Å². The van der Waals surface area contributed by atoms with E-state index in [1.54, 1.807) is 13.3 Å². The summed E-state index contributed by atoms with van der Waals surface area (Å²) in [7, 11) is 3.71. The third-order valence-electron chi connectivity index (χ3n) is 4.20. The van der Waals surface area contributed by atoms with Crippen molar-refractivity contribution in [1.82, 2.24) is 15.3 Å². The van der Waals surface area contributed by atoms with E-state index in [4.69, 9.17) is 4.74 Å². The Morgan fingerprint density at radius 3 is 2.68 bits per heavy atom. The number of ether oxygens (including phenoxy) is 1. The maximum Gasteiger partial charge on any atom is 0.232 e. The van der Waals surface area contributed by atoms with Gasteiger partial charge in [-0.05, 0) is 41.6 Å². The van der Waals surface area contributed by atoms with Gasteiger partial charge >= 0.3 is 0 Å². The lowest BCUT2D eigenvalue weighted by Gasteiger charge is -2.35. The smallest absolute Gasteiger partial charge is 0.232 e. The van der Waals surface area contributed by atoms with Crippen LogP contribution in [-0.4, -0.2) is 42.3 Å². The van der Waals surface area contributed by atoms with E-state index in [-0.39, 0.29) is 0 Å². The molecule has 0 amide bonds. The molecule has 2 aliphatic rings. The highest BCUT2D eigenvalue weighted by molar-refractivity contribution is 9.10. The van der Waals surface area contributed by atoms with Gasteiger partial charge in [-0.3, -0.25) is 0 Å². The lowest BCUT2D eigenvalue weighted by molar-refractivity contribution is 0.350. The normalized spacial score (nSPS) is 29.3. The molecular formula is C13H19BrN4O. The Kier molecular flexibility index (Phi) is 3.62. The summed E-state index contributed by atoms with van der Waals surface area (Å²) in [5, 5.41) is 3.66. The highest BCUT2D eigenvalue weighted by Crippen LogP contribution is 2.31. The fourth-order valence-corrected chi connectivity index (χ4v) is 3.52. The van der Waals surface area contributed by atoms with Crippen LogP contribution in [0.2, 0.25) is 0 Å². The molecule has 1 aromatic heterocycles. The van der Waals surface area contributed by atoms with Gasteiger partial charge in [0.05, 0.1) is 17.8 Å². The molecule has 2 fully saturated rings. The van der Waals surface area contributed by atoms with Gasteiger partial charge in [0.1, 0.15) is 0 Å². The molecule has 0 aromatic carbocycles. The molecule has 19 heavy (non-hydrogen) atoms. The molecule has 5 nitrogen and oxygen atoms in total. The molecule has 1 aromatic rings. The summed E-state index contributed by atoms with van der Waals surface area (Å²) < 4.78 is 6.03. The molecule has 1 N–H and O–H groups in total. The monoisotopic (exact) mass is 326 g/mol. The molecule has 2 unspecified atom stereocenters. The molecule has 0 radical (unpaired) electrons. The van der Waals surface area contributed by atoms with Crippen molar-refractivity contribution in [2.75, 3.05) is 19.1 Å². The fraction of sp³-hybridized carbons (Fsp3) is 0.692. The molecule has 2 atom stereocenters. The number of rotatable bonds is 3. The molecule has 3 rings (SSSR count). The largest absolute Gasteiger partial charge is 0.480 e. The maximum atomic E-state index is 5.24. The average molecular weight is 327 g/mol. The van der Waals surface area contributed by atoms with Crippen LogP contribution in [-0.2, 0) is 0 Å². The van der Waals surface area contributed by atoms with E-state index < -0.39 is 0 Å². The summed E-state index contributed by atoms with van der Waals surface area (Å²) in [6, 6.07) is 1.86. The number of methoxy groups -OCH3 is 1. The number of fused-ring (bicyclic) bond motifs is 2. The summed E-state index contributed by atoms with van der Waals surface area (Å²) in [6.07, 6.45) is 6.72. The number of aromatic nitrogens is 2. The fourth-order valence-electron chi connectivity index (χ4n) is 3.16. The summed E-state index contributed by atoms with van der Waals surface area (Å²) in [5.74, 6) is 1.33. The van der Waals surface area contributed by atoms with Gasteiger partial charge in [-0.2, -0.15) is 4.98 Å². The van der Waals surface area contributed by atoms with Crippen molar-refractivity contribution in [3.63, 3.8) is 0 Å². The van der Waals surface area contributed by atoms with Gasteiger partial charge in [0, 0.05) is 25.2 Å². The molecule has 104 valence electrons. The van der Waals surface area contributed by atoms with Gasteiger partial charge < -0.3 is 15.0 Å². The topological polar surface area (TPSA) is 50.3 Å². The van der Waals surface area contributed by atoms with Crippen LogP contribution in [0.3, 0.4) is 0 Å². The summed E-state index contributed by atoms with van der Waals surface area (Å²) in [4.78, 5) is 11.1. The maximum absolute atomic E-state index is 5.24. The van der Waals surface area contributed by atoms with E-state index in [1.807, 2.05) is 0 Å². The van der Waals surface area contributed by atoms with Gasteiger partial charge in [-0.15, -0.1) is 0 Å². The second-order valence-corrected chi connectivity index (χ2v) is 6.26. The standard InChI is InChI=1S/C13H19BrN4O/c1-18(10-5-8-3-4-9(6-10)16-8)13-15-7-11(14)12(17-13)19-2/h7-10,16H,3-6H2,1-2H3. The molecule has 2 aliphatic heterocycles. The minimum atomic E-state index is 0.518. The van der Waals surface area contributed by atoms with E-state index in [0.29, 0.717) is 24.0 Å². The lowest BCUT2D eigenvalue weighted by atomic mass is 9.99. The van der Waals surface area contributed by atoms with Crippen molar-refractivity contribution < 1.29 is 4.74 Å². The molecule has 0 aliphatic carbocycles. The van der Waals surface area contributed by atoms with Crippen molar-refractivity contribution in [3.8, 4) is 5.88 Å². The molecule has 3 heterocycles. The van der Waals surface area contributed by atoms with Crippen LogP contribution in [0, 0.1) is 0 Å². The van der Waals surface area contributed by atoms with E-state index >= 15 is 0 Å². The first-order valence-electron chi connectivity index (χ1n) is 6.72. The molecular weight excluding hydrogens is 308 g/mol. The highest BCUT2D eigenvalue weighted by atomic mass is 79.9. The first-order chi connectivity index (χ1) is 9.17. The predicted molar refractivity (Wildman–Crippen MR) is 77.7 cm³/mol. The number of nitrogens with one attached hydrogen (secondary N) is 1. The van der Waals surface area contributed by atoms with Gasteiger partial charge in [0.2, 0.25) is 11.8 Å². The Hall–Kier alpha value is -0.880. The Bertz CT molecular complexity index is 458. The van der Waals surface area contributed by atoms with E-state index in [0.717, 1.165) is 10.4 Å². The van der Waals surface area contributed by atoms with Crippen molar-refractivity contribution in [3.05, 3.63) is 10.7 Å². The molecule has 6 heteroatoms. The Labute approximate surface area is 121 Å². The van der Waals surface area contributed by atoms with Crippen molar-refractivity contribution in [2.45, 2.75) is 43.8 Å².